The minimum Gasteiger partial charge on any atom is -0.493 e. The maximum Gasteiger partial charge on any atom is 0.265 e. The van der Waals surface area contributed by atoms with E-state index in [1.165, 1.54) is 21.3 Å². The van der Waals surface area contributed by atoms with Gasteiger partial charge in [-0.15, -0.1) is 0 Å². The maximum atomic E-state index is 7.46. The van der Waals surface area contributed by atoms with E-state index in [0.717, 1.165) is 0 Å². The third-order valence-electron chi connectivity index (χ3n) is 2.37. The molecule has 1 aromatic carbocycles. The van der Waals surface area contributed by atoms with Gasteiger partial charge in [0.25, 0.3) is 3.79 Å². The summed E-state index contributed by atoms with van der Waals surface area (Å²) in [6.45, 7) is 0.0312. The van der Waals surface area contributed by atoms with Crippen LogP contribution in [0.5, 0.6) is 17.2 Å². The van der Waals surface area contributed by atoms with E-state index >= 15 is 0 Å². The van der Waals surface area contributed by atoms with E-state index < -0.39 is 9.69 Å². The highest BCUT2D eigenvalue weighted by atomic mass is 35.6. The predicted molar refractivity (Wildman–Crippen MR) is 78.9 cm³/mol. The molecule has 1 aromatic rings. The fourth-order valence-corrected chi connectivity index (χ4v) is 1.62. The van der Waals surface area contributed by atoms with Gasteiger partial charge in [0, 0.05) is 0 Å². The van der Waals surface area contributed by atoms with Gasteiger partial charge in [0.05, 0.1) is 21.3 Å². The van der Waals surface area contributed by atoms with Crippen LogP contribution in [0.2, 0.25) is 0 Å². The van der Waals surface area contributed by atoms with Crippen molar-refractivity contribution < 1.29 is 18.9 Å². The summed E-state index contributed by atoms with van der Waals surface area (Å²) >= 11 is 16.6. The lowest BCUT2D eigenvalue weighted by Gasteiger charge is -2.16. The highest BCUT2D eigenvalue weighted by molar-refractivity contribution is 6.76. The zero-order valence-corrected chi connectivity index (χ0v) is 13.4. The van der Waals surface area contributed by atoms with Gasteiger partial charge in [-0.05, 0) is 17.7 Å². The summed E-state index contributed by atoms with van der Waals surface area (Å²) < 4.78 is 18.8. The largest absolute Gasteiger partial charge is 0.493 e. The standard InChI is InChI=1S/C12H14Cl3NO4/c1-17-8-4-7(5-9(18-2)10(8)19-3)6-20-11(16)12(13,14)15/h4-5,16H,6H2,1-3H3. The van der Waals surface area contributed by atoms with Crippen molar-refractivity contribution >= 4 is 40.7 Å². The second-order valence-electron chi connectivity index (χ2n) is 3.65. The van der Waals surface area contributed by atoms with Crippen LogP contribution in [-0.4, -0.2) is 31.0 Å². The van der Waals surface area contributed by atoms with E-state index in [2.05, 4.69) is 0 Å². The Balaban J connectivity index is 2.94. The lowest BCUT2D eigenvalue weighted by Crippen LogP contribution is -2.20. The third kappa shape index (κ3) is 4.23. The zero-order valence-electron chi connectivity index (χ0n) is 11.1. The summed E-state index contributed by atoms with van der Waals surface area (Å²) in [5, 5.41) is 7.46. The monoisotopic (exact) mass is 341 g/mol. The molecule has 8 heteroatoms. The van der Waals surface area contributed by atoms with Gasteiger partial charge >= 0.3 is 0 Å². The lowest BCUT2D eigenvalue weighted by molar-refractivity contribution is 0.279. The maximum absolute atomic E-state index is 7.46. The van der Waals surface area contributed by atoms with Crippen molar-refractivity contribution in [3.63, 3.8) is 0 Å². The quantitative estimate of drug-likeness (QED) is 0.505. The van der Waals surface area contributed by atoms with Gasteiger partial charge in [0.1, 0.15) is 6.61 Å². The van der Waals surface area contributed by atoms with E-state index in [9.17, 15) is 0 Å². The molecule has 112 valence electrons. The minimum absolute atomic E-state index is 0.0312. The molecule has 0 saturated carbocycles. The van der Waals surface area contributed by atoms with Crippen LogP contribution in [0.3, 0.4) is 0 Å². The van der Waals surface area contributed by atoms with Gasteiger partial charge < -0.3 is 18.9 Å². The van der Waals surface area contributed by atoms with Gasteiger partial charge in [-0.1, -0.05) is 34.8 Å². The molecule has 0 bridgehead atoms. The Labute approximate surface area is 132 Å². The van der Waals surface area contributed by atoms with Crippen molar-refractivity contribution in [2.24, 2.45) is 0 Å². The van der Waals surface area contributed by atoms with Gasteiger partial charge in [-0.25, -0.2) is 0 Å². The van der Waals surface area contributed by atoms with Crippen LogP contribution in [0.25, 0.3) is 0 Å². The highest BCUT2D eigenvalue weighted by Crippen LogP contribution is 2.38. The number of alkyl halides is 3. The number of ether oxygens (including phenoxy) is 4. The fraction of sp³-hybridized carbons (Fsp3) is 0.417. The first-order valence-electron chi connectivity index (χ1n) is 5.41. The smallest absolute Gasteiger partial charge is 0.265 e. The Morgan fingerprint density at radius 2 is 1.55 bits per heavy atom. The predicted octanol–water partition coefficient (Wildman–Crippen LogP) is 3.58. The SMILES string of the molecule is COc1cc(COC(=N)C(Cl)(Cl)Cl)cc(OC)c1OC. The molecule has 0 heterocycles. The summed E-state index contributed by atoms with van der Waals surface area (Å²) in [5.74, 6) is 0.961. The van der Waals surface area contributed by atoms with Crippen LogP contribution >= 0.6 is 34.8 Å². The topological polar surface area (TPSA) is 60.8 Å². The van der Waals surface area contributed by atoms with Gasteiger partial charge in [-0.3, -0.25) is 5.41 Å². The van der Waals surface area contributed by atoms with Crippen molar-refractivity contribution in [1.82, 2.24) is 0 Å². The number of benzene rings is 1. The van der Waals surface area contributed by atoms with E-state index in [0.29, 0.717) is 22.8 Å². The van der Waals surface area contributed by atoms with Crippen molar-refractivity contribution in [2.45, 2.75) is 10.4 Å². The first-order chi connectivity index (χ1) is 9.33. The Kier molecular flexibility index (Phi) is 6.05. The highest BCUT2D eigenvalue weighted by Gasteiger charge is 2.28. The van der Waals surface area contributed by atoms with Crippen LogP contribution in [0.1, 0.15) is 5.56 Å². The molecule has 0 amide bonds. The van der Waals surface area contributed by atoms with E-state index in [4.69, 9.17) is 59.2 Å². The van der Waals surface area contributed by atoms with Crippen molar-refractivity contribution in [1.29, 1.82) is 5.41 Å². The molecule has 0 aromatic heterocycles. The van der Waals surface area contributed by atoms with Crippen LogP contribution in [-0.2, 0) is 11.3 Å². The second-order valence-corrected chi connectivity index (χ2v) is 5.93. The molecule has 0 radical (unpaired) electrons. The van der Waals surface area contributed by atoms with Gasteiger partial charge in [0.2, 0.25) is 11.6 Å². The fourth-order valence-electron chi connectivity index (χ4n) is 1.46. The molecule has 0 unspecified atom stereocenters. The van der Waals surface area contributed by atoms with E-state index in [1.54, 1.807) is 12.1 Å². The van der Waals surface area contributed by atoms with Crippen molar-refractivity contribution in [2.75, 3.05) is 21.3 Å². The van der Waals surface area contributed by atoms with E-state index in [1.807, 2.05) is 0 Å². The molecule has 0 aliphatic heterocycles. The Hall–Kier alpha value is -1.04. The number of hydrogen-bond donors (Lipinski definition) is 1. The molecule has 0 spiro atoms. The molecular formula is C12H14Cl3NO4. The van der Waals surface area contributed by atoms with Crippen molar-refractivity contribution in [3.8, 4) is 17.2 Å². The summed E-state index contributed by atoms with van der Waals surface area (Å²) in [4.78, 5) is 0. The average Bonchev–Trinajstić information content (AvgIpc) is 2.42. The molecule has 0 aliphatic rings. The number of rotatable bonds is 5. The molecule has 0 atom stereocenters. The Morgan fingerprint density at radius 1 is 1.05 bits per heavy atom. The van der Waals surface area contributed by atoms with E-state index in [-0.39, 0.29) is 6.61 Å². The first-order valence-corrected chi connectivity index (χ1v) is 6.54. The number of hydrogen-bond acceptors (Lipinski definition) is 5. The average molecular weight is 343 g/mol. The van der Waals surface area contributed by atoms with Crippen LogP contribution in [0.15, 0.2) is 12.1 Å². The van der Waals surface area contributed by atoms with Gasteiger partial charge in [0.15, 0.2) is 11.5 Å². The second kappa shape index (κ2) is 7.11. The molecule has 0 fully saturated rings. The van der Waals surface area contributed by atoms with Crippen LogP contribution in [0.4, 0.5) is 0 Å². The molecule has 0 saturated heterocycles. The van der Waals surface area contributed by atoms with Crippen LogP contribution in [0, 0.1) is 5.41 Å². The minimum atomic E-state index is -1.89. The number of nitrogens with one attached hydrogen (secondary N) is 1. The van der Waals surface area contributed by atoms with Crippen LogP contribution < -0.4 is 14.2 Å². The summed E-state index contributed by atoms with van der Waals surface area (Å²) in [6, 6.07) is 3.38. The number of methoxy groups -OCH3 is 3. The summed E-state index contributed by atoms with van der Waals surface area (Å²) in [5.41, 5.74) is 0.679. The molecule has 1 rings (SSSR count). The lowest BCUT2D eigenvalue weighted by atomic mass is 10.2. The summed E-state index contributed by atoms with van der Waals surface area (Å²) in [6.07, 6.45) is 0. The third-order valence-corrected chi connectivity index (χ3v) is 2.88. The number of halogens is 3. The molecule has 5 nitrogen and oxygen atoms in total. The molecule has 20 heavy (non-hydrogen) atoms. The first kappa shape index (κ1) is 17.0. The normalized spacial score (nSPS) is 10.9. The molecular weight excluding hydrogens is 328 g/mol. The Bertz CT molecular complexity index is 463. The zero-order chi connectivity index (χ0) is 15.3. The summed E-state index contributed by atoms with van der Waals surface area (Å²) in [7, 11) is 4.52. The Morgan fingerprint density at radius 3 is 1.90 bits per heavy atom. The molecule has 0 aliphatic carbocycles. The van der Waals surface area contributed by atoms with Gasteiger partial charge in [-0.2, -0.15) is 0 Å². The van der Waals surface area contributed by atoms with Crippen molar-refractivity contribution in [3.05, 3.63) is 17.7 Å². The molecule has 1 N–H and O–H groups in total.